The maximum atomic E-state index is 12.0. The van der Waals surface area contributed by atoms with Gasteiger partial charge in [-0.15, -0.1) is 4.91 Å². The fourth-order valence-corrected chi connectivity index (χ4v) is 1.69. The summed E-state index contributed by atoms with van der Waals surface area (Å²) in [6.07, 6.45) is 2.77. The Morgan fingerprint density at radius 3 is 2.43 bits per heavy atom. The highest BCUT2D eigenvalue weighted by Gasteiger charge is 2.18. The van der Waals surface area contributed by atoms with Crippen molar-refractivity contribution in [3.63, 3.8) is 0 Å². The first kappa shape index (κ1) is 14.4. The number of carbonyl (C=O) groups is 2. The fraction of sp³-hybridized carbons (Fsp3) is 0.273. The Morgan fingerprint density at radius 1 is 1.19 bits per heavy atom. The standard InChI is InChI=1S/C11H12N6O4/c1-16-5-7(15-20)13-8(16)10(18)14-6-4-17(2)9(12-6)11(19)21-3/h4-5H,1-3H3,(H,14,18). The molecule has 2 aromatic heterocycles. The number of amides is 1. The highest BCUT2D eigenvalue weighted by Crippen LogP contribution is 2.13. The molecule has 0 aliphatic heterocycles. The van der Waals surface area contributed by atoms with E-state index >= 15 is 0 Å². The van der Waals surface area contributed by atoms with E-state index in [1.165, 1.54) is 28.6 Å². The molecule has 2 aromatic rings. The first-order valence-corrected chi connectivity index (χ1v) is 5.76. The Morgan fingerprint density at radius 2 is 1.86 bits per heavy atom. The van der Waals surface area contributed by atoms with Crippen LogP contribution in [-0.4, -0.2) is 38.1 Å². The fourth-order valence-electron chi connectivity index (χ4n) is 1.69. The van der Waals surface area contributed by atoms with E-state index in [1.54, 1.807) is 14.1 Å². The lowest BCUT2D eigenvalue weighted by Crippen LogP contribution is -2.17. The molecule has 10 heteroatoms. The number of carbonyl (C=O) groups excluding carboxylic acids is 2. The molecular formula is C11H12N6O4. The molecule has 0 fully saturated rings. The topological polar surface area (TPSA) is 120 Å². The number of nitrogens with zero attached hydrogens (tertiary/aromatic N) is 5. The SMILES string of the molecule is COC(=O)c1nc(NC(=O)c2nc(N=O)cn2C)cn1C. The zero-order valence-corrected chi connectivity index (χ0v) is 11.5. The summed E-state index contributed by atoms with van der Waals surface area (Å²) in [6.45, 7) is 0. The van der Waals surface area contributed by atoms with Crippen molar-refractivity contribution in [1.82, 2.24) is 19.1 Å². The minimum Gasteiger partial charge on any atom is -0.463 e. The lowest BCUT2D eigenvalue weighted by molar-refractivity contribution is 0.0582. The molecule has 0 unspecified atom stereocenters. The number of nitroso groups, excluding NO2 is 1. The van der Waals surface area contributed by atoms with Crippen molar-refractivity contribution in [2.75, 3.05) is 12.4 Å². The van der Waals surface area contributed by atoms with Gasteiger partial charge in [0.25, 0.3) is 5.91 Å². The molecule has 0 bridgehead atoms. The summed E-state index contributed by atoms with van der Waals surface area (Å²) in [5, 5.41) is 5.12. The Hall–Kier alpha value is -3.04. The number of rotatable bonds is 4. The monoisotopic (exact) mass is 292 g/mol. The van der Waals surface area contributed by atoms with Gasteiger partial charge >= 0.3 is 5.97 Å². The van der Waals surface area contributed by atoms with E-state index in [9.17, 15) is 14.5 Å². The van der Waals surface area contributed by atoms with Crippen molar-refractivity contribution >= 4 is 23.5 Å². The molecule has 2 rings (SSSR count). The number of hydrogen-bond acceptors (Lipinski definition) is 7. The van der Waals surface area contributed by atoms with Gasteiger partial charge in [0, 0.05) is 20.3 Å². The summed E-state index contributed by atoms with van der Waals surface area (Å²) in [5.74, 6) is -1.10. The van der Waals surface area contributed by atoms with Gasteiger partial charge in [-0.05, 0) is 5.18 Å². The van der Waals surface area contributed by atoms with Crippen LogP contribution in [0.5, 0.6) is 0 Å². The molecule has 0 radical (unpaired) electrons. The van der Waals surface area contributed by atoms with Gasteiger partial charge in [0.1, 0.15) is 0 Å². The van der Waals surface area contributed by atoms with Gasteiger partial charge in [0.05, 0.1) is 13.3 Å². The lowest BCUT2D eigenvalue weighted by Gasteiger charge is -2.00. The van der Waals surface area contributed by atoms with Gasteiger partial charge in [0.15, 0.2) is 5.82 Å². The molecule has 0 spiro atoms. The van der Waals surface area contributed by atoms with E-state index < -0.39 is 11.9 Å². The van der Waals surface area contributed by atoms with Crippen LogP contribution in [0, 0.1) is 4.91 Å². The van der Waals surface area contributed by atoms with Crippen molar-refractivity contribution in [3.8, 4) is 0 Å². The second-order valence-electron chi connectivity index (χ2n) is 4.13. The van der Waals surface area contributed by atoms with Gasteiger partial charge in [-0.1, -0.05) is 0 Å². The van der Waals surface area contributed by atoms with Crippen LogP contribution in [0.15, 0.2) is 17.6 Å². The van der Waals surface area contributed by atoms with Gasteiger partial charge in [-0.3, -0.25) is 4.79 Å². The third-order valence-electron chi connectivity index (χ3n) is 2.65. The maximum absolute atomic E-state index is 12.0. The number of ether oxygens (including phenoxy) is 1. The highest BCUT2D eigenvalue weighted by atomic mass is 16.5. The molecule has 21 heavy (non-hydrogen) atoms. The summed E-state index contributed by atoms with van der Waals surface area (Å²) in [6, 6.07) is 0. The zero-order valence-electron chi connectivity index (χ0n) is 11.5. The number of methoxy groups -OCH3 is 1. The molecule has 0 aliphatic rings. The van der Waals surface area contributed by atoms with Gasteiger partial charge in [-0.2, -0.15) is 0 Å². The number of anilines is 1. The number of imidazole rings is 2. The Labute approximate surface area is 118 Å². The van der Waals surface area contributed by atoms with E-state index in [0.717, 1.165) is 0 Å². The van der Waals surface area contributed by atoms with Crippen LogP contribution in [-0.2, 0) is 18.8 Å². The Balaban J connectivity index is 2.21. The number of aromatic nitrogens is 4. The van der Waals surface area contributed by atoms with Crippen LogP contribution >= 0.6 is 0 Å². The third-order valence-corrected chi connectivity index (χ3v) is 2.65. The summed E-state index contributed by atoms with van der Waals surface area (Å²) in [4.78, 5) is 41.5. The number of esters is 1. The third kappa shape index (κ3) is 2.78. The number of aryl methyl sites for hydroxylation is 2. The molecular weight excluding hydrogens is 280 g/mol. The molecule has 0 aliphatic carbocycles. The molecule has 10 nitrogen and oxygen atoms in total. The smallest absolute Gasteiger partial charge is 0.374 e. The summed E-state index contributed by atoms with van der Waals surface area (Å²) in [7, 11) is 4.37. The van der Waals surface area contributed by atoms with Crippen LogP contribution in [0.1, 0.15) is 21.2 Å². The van der Waals surface area contributed by atoms with E-state index in [-0.39, 0.29) is 23.3 Å². The first-order valence-electron chi connectivity index (χ1n) is 5.76. The van der Waals surface area contributed by atoms with Gasteiger partial charge in [0.2, 0.25) is 17.5 Å². The predicted molar refractivity (Wildman–Crippen MR) is 71.2 cm³/mol. The van der Waals surface area contributed by atoms with Crippen molar-refractivity contribution in [2.45, 2.75) is 0 Å². The van der Waals surface area contributed by atoms with Crippen LogP contribution in [0.3, 0.4) is 0 Å². The minimum atomic E-state index is -0.623. The minimum absolute atomic E-state index is 0.00475. The highest BCUT2D eigenvalue weighted by molar-refractivity contribution is 6.01. The molecule has 0 atom stereocenters. The summed E-state index contributed by atoms with van der Waals surface area (Å²) in [5.41, 5.74) is 0. The molecule has 1 N–H and O–H groups in total. The van der Waals surface area contributed by atoms with Crippen LogP contribution in [0.25, 0.3) is 0 Å². The molecule has 0 saturated heterocycles. The van der Waals surface area contributed by atoms with Crippen molar-refractivity contribution < 1.29 is 14.3 Å². The van der Waals surface area contributed by atoms with Crippen LogP contribution in [0.4, 0.5) is 11.6 Å². The van der Waals surface area contributed by atoms with Gasteiger partial charge < -0.3 is 19.2 Å². The number of hydrogen-bond donors (Lipinski definition) is 1. The molecule has 0 aromatic carbocycles. The normalized spacial score (nSPS) is 10.2. The average Bonchev–Trinajstić information content (AvgIpc) is 3.00. The maximum Gasteiger partial charge on any atom is 0.374 e. The molecule has 0 saturated carbocycles. The quantitative estimate of drug-likeness (QED) is 0.650. The van der Waals surface area contributed by atoms with E-state index in [4.69, 9.17) is 0 Å². The molecule has 1 amide bonds. The Kier molecular flexibility index (Phi) is 3.78. The van der Waals surface area contributed by atoms with E-state index in [2.05, 4.69) is 25.2 Å². The second kappa shape index (κ2) is 5.53. The summed E-state index contributed by atoms with van der Waals surface area (Å²) < 4.78 is 7.33. The Bertz CT molecular complexity index is 716. The average molecular weight is 292 g/mol. The summed E-state index contributed by atoms with van der Waals surface area (Å²) >= 11 is 0. The van der Waals surface area contributed by atoms with Crippen molar-refractivity contribution in [1.29, 1.82) is 0 Å². The van der Waals surface area contributed by atoms with E-state index in [0.29, 0.717) is 0 Å². The lowest BCUT2D eigenvalue weighted by atomic mass is 10.5. The number of nitrogens with one attached hydrogen (secondary N) is 1. The zero-order chi connectivity index (χ0) is 15.6. The van der Waals surface area contributed by atoms with Crippen molar-refractivity contribution in [3.05, 3.63) is 28.9 Å². The first-order chi connectivity index (χ1) is 9.96. The molecule has 2 heterocycles. The van der Waals surface area contributed by atoms with Crippen LogP contribution in [0.2, 0.25) is 0 Å². The van der Waals surface area contributed by atoms with Crippen LogP contribution < -0.4 is 5.32 Å². The predicted octanol–water partition coefficient (Wildman–Crippen LogP) is 0.590. The second-order valence-corrected chi connectivity index (χ2v) is 4.13. The van der Waals surface area contributed by atoms with Gasteiger partial charge in [-0.25, -0.2) is 14.8 Å². The molecule has 110 valence electrons. The largest absolute Gasteiger partial charge is 0.463 e. The van der Waals surface area contributed by atoms with E-state index in [1.807, 2.05) is 0 Å². The van der Waals surface area contributed by atoms with Crippen molar-refractivity contribution in [2.24, 2.45) is 19.3 Å².